The maximum atomic E-state index is 12.4. The molecule has 2 aromatic rings. The summed E-state index contributed by atoms with van der Waals surface area (Å²) in [6, 6.07) is 2.11. The number of aliphatic hydroxyl groups excluding tert-OH is 1. The number of nitrogens with zero attached hydrogens (tertiary/aromatic N) is 1. The molecule has 1 fully saturated rings. The van der Waals surface area contributed by atoms with Crippen LogP contribution in [0.4, 0.5) is 0 Å². The van der Waals surface area contributed by atoms with Crippen LogP contribution in [-0.2, 0) is 0 Å². The van der Waals surface area contributed by atoms with E-state index in [0.29, 0.717) is 4.88 Å². The summed E-state index contributed by atoms with van der Waals surface area (Å²) in [6.07, 6.45) is 3.01. The second kappa shape index (κ2) is 6.25. The number of aryl methyl sites for hydroxylation is 1. The summed E-state index contributed by atoms with van der Waals surface area (Å²) in [6.45, 7) is 2.02. The van der Waals surface area contributed by atoms with E-state index in [0.717, 1.165) is 35.5 Å². The smallest absolute Gasteiger partial charge is 0.263 e. The van der Waals surface area contributed by atoms with Crippen LogP contribution in [0.5, 0.6) is 0 Å². The highest BCUT2D eigenvalue weighted by Gasteiger charge is 2.29. The monoisotopic (exact) mass is 322 g/mol. The maximum absolute atomic E-state index is 12.4. The molecule has 2 unspecified atom stereocenters. The van der Waals surface area contributed by atoms with E-state index in [9.17, 15) is 9.90 Å². The van der Waals surface area contributed by atoms with Gasteiger partial charge in [0.15, 0.2) is 0 Å². The number of thiophene rings is 1. The fourth-order valence-corrected chi connectivity index (χ4v) is 4.48. The number of amides is 1. The maximum Gasteiger partial charge on any atom is 0.263 e. The van der Waals surface area contributed by atoms with Crippen molar-refractivity contribution in [1.82, 2.24) is 10.3 Å². The van der Waals surface area contributed by atoms with Crippen LogP contribution in [0.2, 0.25) is 0 Å². The lowest BCUT2D eigenvalue weighted by Gasteiger charge is -2.18. The zero-order valence-corrected chi connectivity index (χ0v) is 13.5. The normalized spacial score (nSPS) is 21.6. The molecular weight excluding hydrogens is 304 g/mol. The molecule has 0 radical (unpaired) electrons. The third kappa shape index (κ3) is 3.02. The molecule has 2 N–H and O–H groups in total. The summed E-state index contributed by atoms with van der Waals surface area (Å²) in [4.78, 5) is 17.6. The second-order valence-corrected chi connectivity index (χ2v) is 7.18. The van der Waals surface area contributed by atoms with Gasteiger partial charge in [-0.25, -0.2) is 4.98 Å². The molecular formula is C15H18N2O2S2. The Hall–Kier alpha value is -1.24. The highest BCUT2D eigenvalue weighted by molar-refractivity contribution is 7.17. The standard InChI is InChI=1S/C15H18N2O2S2/c1-9-13(21-15(16-9)11-5-6-20-8-11)14(19)17-12-4-2-3-10(12)7-18/h5-6,8,10,12,18H,2-4,7H2,1H3,(H,17,19). The fourth-order valence-electron chi connectivity index (χ4n) is 2.80. The van der Waals surface area contributed by atoms with Gasteiger partial charge in [0.2, 0.25) is 0 Å². The van der Waals surface area contributed by atoms with E-state index < -0.39 is 0 Å². The molecule has 0 aliphatic heterocycles. The summed E-state index contributed by atoms with van der Waals surface area (Å²) in [5, 5.41) is 17.4. The average molecular weight is 322 g/mol. The van der Waals surface area contributed by atoms with Crippen molar-refractivity contribution < 1.29 is 9.90 Å². The van der Waals surface area contributed by atoms with Gasteiger partial charge in [-0.2, -0.15) is 11.3 Å². The Labute approximate surface area is 131 Å². The number of carbonyl (C=O) groups is 1. The van der Waals surface area contributed by atoms with E-state index in [-0.39, 0.29) is 24.5 Å². The number of thiazole rings is 1. The zero-order chi connectivity index (χ0) is 14.8. The van der Waals surface area contributed by atoms with Gasteiger partial charge in [-0.05, 0) is 31.2 Å². The SMILES string of the molecule is Cc1nc(-c2ccsc2)sc1C(=O)NC1CCCC1CO. The molecule has 0 bridgehead atoms. The van der Waals surface area contributed by atoms with Crippen LogP contribution in [0.15, 0.2) is 16.8 Å². The van der Waals surface area contributed by atoms with Gasteiger partial charge >= 0.3 is 0 Å². The first-order valence-electron chi connectivity index (χ1n) is 7.10. The summed E-state index contributed by atoms with van der Waals surface area (Å²) in [5.41, 5.74) is 1.85. The quantitative estimate of drug-likeness (QED) is 0.909. The number of hydrogen-bond donors (Lipinski definition) is 2. The van der Waals surface area contributed by atoms with E-state index in [1.165, 1.54) is 11.3 Å². The molecule has 2 atom stereocenters. The minimum atomic E-state index is -0.0585. The number of aromatic nitrogens is 1. The zero-order valence-electron chi connectivity index (χ0n) is 11.8. The van der Waals surface area contributed by atoms with Crippen LogP contribution < -0.4 is 5.32 Å². The van der Waals surface area contributed by atoms with Crippen molar-refractivity contribution in [2.24, 2.45) is 5.92 Å². The number of nitrogens with one attached hydrogen (secondary N) is 1. The van der Waals surface area contributed by atoms with Crippen LogP contribution in [-0.4, -0.2) is 28.6 Å². The third-order valence-electron chi connectivity index (χ3n) is 3.98. The van der Waals surface area contributed by atoms with Gasteiger partial charge in [-0.15, -0.1) is 11.3 Å². The second-order valence-electron chi connectivity index (χ2n) is 5.40. The Morgan fingerprint density at radius 3 is 3.10 bits per heavy atom. The molecule has 6 heteroatoms. The van der Waals surface area contributed by atoms with Crippen molar-refractivity contribution in [3.8, 4) is 10.6 Å². The Kier molecular flexibility index (Phi) is 4.37. The highest BCUT2D eigenvalue weighted by atomic mass is 32.1. The first kappa shape index (κ1) is 14.7. The Bertz CT molecular complexity index is 622. The number of rotatable bonds is 4. The Balaban J connectivity index is 1.76. The lowest BCUT2D eigenvalue weighted by atomic mass is 10.1. The van der Waals surface area contributed by atoms with Crippen molar-refractivity contribution in [3.05, 3.63) is 27.4 Å². The summed E-state index contributed by atoms with van der Waals surface area (Å²) in [5.74, 6) is 0.135. The average Bonchev–Trinajstić information content (AvgIpc) is 3.17. The molecule has 0 aromatic carbocycles. The first-order valence-corrected chi connectivity index (χ1v) is 8.86. The minimum absolute atomic E-state index is 0.0585. The van der Waals surface area contributed by atoms with Gasteiger partial charge in [0.05, 0.1) is 5.69 Å². The van der Waals surface area contributed by atoms with Gasteiger partial charge in [-0.1, -0.05) is 6.42 Å². The van der Waals surface area contributed by atoms with Crippen LogP contribution in [0.25, 0.3) is 10.6 Å². The predicted molar refractivity (Wildman–Crippen MR) is 85.8 cm³/mol. The molecule has 3 rings (SSSR count). The van der Waals surface area contributed by atoms with Gasteiger partial charge in [-0.3, -0.25) is 4.79 Å². The van der Waals surface area contributed by atoms with E-state index in [2.05, 4.69) is 10.3 Å². The minimum Gasteiger partial charge on any atom is -0.396 e. The van der Waals surface area contributed by atoms with Crippen molar-refractivity contribution in [2.75, 3.05) is 6.61 Å². The summed E-state index contributed by atoms with van der Waals surface area (Å²) < 4.78 is 0. The molecule has 1 amide bonds. The lowest BCUT2D eigenvalue weighted by Crippen LogP contribution is -2.38. The van der Waals surface area contributed by atoms with E-state index in [1.54, 1.807) is 11.3 Å². The van der Waals surface area contributed by atoms with Gasteiger partial charge in [0.25, 0.3) is 5.91 Å². The topological polar surface area (TPSA) is 62.2 Å². The Morgan fingerprint density at radius 2 is 2.38 bits per heavy atom. The van der Waals surface area contributed by atoms with Gasteiger partial charge in [0, 0.05) is 29.5 Å². The van der Waals surface area contributed by atoms with E-state index >= 15 is 0 Å². The van der Waals surface area contributed by atoms with Gasteiger partial charge in [0.1, 0.15) is 9.88 Å². The van der Waals surface area contributed by atoms with Crippen molar-refractivity contribution in [2.45, 2.75) is 32.2 Å². The highest BCUT2D eigenvalue weighted by Crippen LogP contribution is 2.30. The molecule has 0 spiro atoms. The largest absolute Gasteiger partial charge is 0.396 e. The molecule has 21 heavy (non-hydrogen) atoms. The van der Waals surface area contributed by atoms with Crippen molar-refractivity contribution in [3.63, 3.8) is 0 Å². The van der Waals surface area contributed by atoms with Crippen LogP contribution in [0.3, 0.4) is 0 Å². The van der Waals surface area contributed by atoms with Crippen LogP contribution in [0.1, 0.15) is 34.6 Å². The molecule has 1 aliphatic carbocycles. The van der Waals surface area contributed by atoms with Crippen molar-refractivity contribution in [1.29, 1.82) is 0 Å². The number of hydrogen-bond acceptors (Lipinski definition) is 5. The molecule has 4 nitrogen and oxygen atoms in total. The molecule has 1 aliphatic rings. The van der Waals surface area contributed by atoms with Crippen LogP contribution >= 0.6 is 22.7 Å². The van der Waals surface area contributed by atoms with Crippen molar-refractivity contribution >= 4 is 28.6 Å². The number of aliphatic hydroxyl groups is 1. The molecule has 2 aromatic heterocycles. The predicted octanol–water partition coefficient (Wildman–Crippen LogP) is 3.07. The lowest BCUT2D eigenvalue weighted by molar-refractivity contribution is 0.0919. The number of carbonyl (C=O) groups excluding carboxylic acids is 1. The molecule has 0 saturated heterocycles. The Morgan fingerprint density at radius 1 is 1.52 bits per heavy atom. The van der Waals surface area contributed by atoms with Gasteiger partial charge < -0.3 is 10.4 Å². The fraction of sp³-hybridized carbons (Fsp3) is 0.467. The van der Waals surface area contributed by atoms with E-state index in [4.69, 9.17) is 0 Å². The first-order chi connectivity index (χ1) is 10.2. The van der Waals surface area contributed by atoms with E-state index in [1.807, 2.05) is 23.8 Å². The molecule has 2 heterocycles. The summed E-state index contributed by atoms with van der Waals surface area (Å²) in [7, 11) is 0. The van der Waals surface area contributed by atoms with Crippen LogP contribution in [0, 0.1) is 12.8 Å². The molecule has 1 saturated carbocycles. The summed E-state index contributed by atoms with van der Waals surface area (Å²) >= 11 is 3.06. The molecule has 112 valence electrons. The third-order valence-corrected chi connectivity index (χ3v) is 5.87.